The molecule has 1 nitrogen and oxygen atoms in total. The first kappa shape index (κ1) is 17.7. The van der Waals surface area contributed by atoms with Gasteiger partial charge < -0.3 is 5.32 Å². The molecule has 2 fully saturated rings. The third-order valence-electron chi connectivity index (χ3n) is 5.93. The number of hydrogen-bond donors (Lipinski definition) is 1. The van der Waals surface area contributed by atoms with Crippen molar-refractivity contribution >= 4 is 11.8 Å². The number of thioether (sulfide) groups is 1. The van der Waals surface area contributed by atoms with Gasteiger partial charge in [0.15, 0.2) is 0 Å². The second-order valence-electron chi connectivity index (χ2n) is 7.68. The highest BCUT2D eigenvalue weighted by Gasteiger charge is 2.30. The van der Waals surface area contributed by atoms with Gasteiger partial charge >= 0.3 is 0 Å². The minimum absolute atomic E-state index is 0.770. The largest absolute Gasteiger partial charge is 0.313 e. The van der Waals surface area contributed by atoms with E-state index >= 15 is 0 Å². The molecular formula is C19H37NS. The van der Waals surface area contributed by atoms with Crippen LogP contribution in [-0.2, 0) is 0 Å². The summed E-state index contributed by atoms with van der Waals surface area (Å²) in [5, 5.41) is 4.86. The van der Waals surface area contributed by atoms with Crippen LogP contribution in [0.5, 0.6) is 0 Å². The van der Waals surface area contributed by atoms with Crippen molar-refractivity contribution in [3.05, 3.63) is 0 Å². The third kappa shape index (κ3) is 5.78. The number of nitrogens with one attached hydrogen (secondary N) is 1. The Hall–Kier alpha value is 0.310. The molecule has 124 valence electrons. The van der Waals surface area contributed by atoms with E-state index < -0.39 is 0 Å². The quantitative estimate of drug-likeness (QED) is 0.667. The lowest BCUT2D eigenvalue weighted by Crippen LogP contribution is -2.42. The van der Waals surface area contributed by atoms with Crippen LogP contribution in [0.1, 0.15) is 78.6 Å². The zero-order valence-corrected chi connectivity index (χ0v) is 15.4. The Morgan fingerprint density at radius 2 is 1.76 bits per heavy atom. The first-order valence-electron chi connectivity index (χ1n) is 9.55. The highest BCUT2D eigenvalue weighted by Crippen LogP contribution is 2.37. The molecule has 0 radical (unpaired) electrons. The predicted octanol–water partition coefficient (Wildman–Crippen LogP) is 5.49. The standard InChI is InChI=1S/C19H37NS/c1-4-12-20-19(14-21-18-8-6-5-7-9-18)17-11-10-15(2)16(3)13-17/h15-20H,4-14H2,1-3H3. The van der Waals surface area contributed by atoms with Crippen LogP contribution in [0.15, 0.2) is 0 Å². The van der Waals surface area contributed by atoms with Gasteiger partial charge in [0.25, 0.3) is 0 Å². The molecule has 0 aliphatic heterocycles. The Labute approximate surface area is 137 Å². The van der Waals surface area contributed by atoms with Crippen LogP contribution >= 0.6 is 11.8 Å². The summed E-state index contributed by atoms with van der Waals surface area (Å²) in [6.45, 7) is 8.42. The van der Waals surface area contributed by atoms with Crippen molar-refractivity contribution in [2.75, 3.05) is 12.3 Å². The molecule has 2 heteroatoms. The van der Waals surface area contributed by atoms with Crippen LogP contribution in [-0.4, -0.2) is 23.6 Å². The van der Waals surface area contributed by atoms with Crippen LogP contribution in [0, 0.1) is 17.8 Å². The van der Waals surface area contributed by atoms with E-state index in [2.05, 4.69) is 37.8 Å². The predicted molar refractivity (Wildman–Crippen MR) is 97.1 cm³/mol. The number of hydrogen-bond acceptors (Lipinski definition) is 2. The van der Waals surface area contributed by atoms with Crippen molar-refractivity contribution in [3.63, 3.8) is 0 Å². The van der Waals surface area contributed by atoms with E-state index in [-0.39, 0.29) is 0 Å². The summed E-state index contributed by atoms with van der Waals surface area (Å²) < 4.78 is 0. The molecule has 0 aromatic rings. The third-order valence-corrected chi connectivity index (χ3v) is 7.42. The van der Waals surface area contributed by atoms with Gasteiger partial charge in [-0.15, -0.1) is 0 Å². The van der Waals surface area contributed by atoms with E-state index in [1.807, 2.05) is 0 Å². The SMILES string of the molecule is CCCNC(CSC1CCCCC1)C1CCC(C)C(C)C1. The van der Waals surface area contributed by atoms with Gasteiger partial charge in [-0.25, -0.2) is 0 Å². The summed E-state index contributed by atoms with van der Waals surface area (Å²) in [7, 11) is 0. The monoisotopic (exact) mass is 311 g/mol. The molecule has 0 saturated heterocycles. The van der Waals surface area contributed by atoms with Crippen molar-refractivity contribution in [2.45, 2.75) is 89.9 Å². The van der Waals surface area contributed by atoms with Gasteiger partial charge in [0.05, 0.1) is 0 Å². The molecule has 2 rings (SSSR count). The van der Waals surface area contributed by atoms with Crippen LogP contribution in [0.3, 0.4) is 0 Å². The van der Waals surface area contributed by atoms with Crippen LogP contribution < -0.4 is 5.32 Å². The van der Waals surface area contributed by atoms with Gasteiger partial charge in [0, 0.05) is 17.0 Å². The molecule has 2 saturated carbocycles. The summed E-state index contributed by atoms with van der Waals surface area (Å²) >= 11 is 2.29. The van der Waals surface area contributed by atoms with E-state index in [1.54, 1.807) is 0 Å². The van der Waals surface area contributed by atoms with Crippen molar-refractivity contribution in [3.8, 4) is 0 Å². The topological polar surface area (TPSA) is 12.0 Å². The van der Waals surface area contributed by atoms with E-state index in [1.165, 1.54) is 70.1 Å². The minimum atomic E-state index is 0.770. The maximum absolute atomic E-state index is 3.89. The lowest BCUT2D eigenvalue weighted by Gasteiger charge is -2.37. The van der Waals surface area contributed by atoms with Crippen LogP contribution in [0.4, 0.5) is 0 Å². The Bertz CT molecular complexity index is 275. The molecule has 2 aliphatic carbocycles. The van der Waals surface area contributed by atoms with E-state index in [0.29, 0.717) is 0 Å². The Morgan fingerprint density at radius 3 is 2.43 bits per heavy atom. The van der Waals surface area contributed by atoms with Crippen molar-refractivity contribution in [2.24, 2.45) is 17.8 Å². The van der Waals surface area contributed by atoms with Gasteiger partial charge in [-0.2, -0.15) is 11.8 Å². The van der Waals surface area contributed by atoms with E-state index in [9.17, 15) is 0 Å². The van der Waals surface area contributed by atoms with Gasteiger partial charge in [-0.3, -0.25) is 0 Å². The fraction of sp³-hybridized carbons (Fsp3) is 1.00. The average Bonchev–Trinajstić information content (AvgIpc) is 2.51. The normalized spacial score (nSPS) is 33.0. The summed E-state index contributed by atoms with van der Waals surface area (Å²) in [6, 6.07) is 0.770. The molecule has 0 bridgehead atoms. The van der Waals surface area contributed by atoms with Crippen molar-refractivity contribution in [1.82, 2.24) is 5.32 Å². The molecule has 1 N–H and O–H groups in total. The lowest BCUT2D eigenvalue weighted by atomic mass is 9.73. The fourth-order valence-corrected chi connectivity index (χ4v) is 5.65. The van der Waals surface area contributed by atoms with Gasteiger partial charge in [-0.1, -0.05) is 46.5 Å². The summed E-state index contributed by atoms with van der Waals surface area (Å²) in [4.78, 5) is 0. The smallest absolute Gasteiger partial charge is 0.0186 e. The molecule has 2 aliphatic rings. The van der Waals surface area contributed by atoms with E-state index in [4.69, 9.17) is 0 Å². The van der Waals surface area contributed by atoms with Crippen LogP contribution in [0.2, 0.25) is 0 Å². The zero-order chi connectivity index (χ0) is 15.1. The summed E-state index contributed by atoms with van der Waals surface area (Å²) in [5.74, 6) is 4.16. The lowest BCUT2D eigenvalue weighted by molar-refractivity contribution is 0.178. The average molecular weight is 312 g/mol. The first-order chi connectivity index (χ1) is 10.2. The Morgan fingerprint density at radius 1 is 1.00 bits per heavy atom. The van der Waals surface area contributed by atoms with Gasteiger partial charge in [-0.05, 0) is 56.4 Å². The van der Waals surface area contributed by atoms with Gasteiger partial charge in [0.1, 0.15) is 0 Å². The van der Waals surface area contributed by atoms with Gasteiger partial charge in [0.2, 0.25) is 0 Å². The van der Waals surface area contributed by atoms with E-state index in [0.717, 1.165) is 29.0 Å². The molecule has 0 heterocycles. The molecular weight excluding hydrogens is 274 g/mol. The molecule has 4 atom stereocenters. The molecule has 0 spiro atoms. The summed E-state index contributed by atoms with van der Waals surface area (Å²) in [6.07, 6.45) is 13.0. The molecule has 4 unspecified atom stereocenters. The second kappa shape index (κ2) is 9.45. The Balaban J connectivity index is 1.81. The fourth-order valence-electron chi connectivity index (χ4n) is 4.12. The van der Waals surface area contributed by atoms with Crippen molar-refractivity contribution in [1.29, 1.82) is 0 Å². The van der Waals surface area contributed by atoms with Crippen molar-refractivity contribution < 1.29 is 0 Å². The highest BCUT2D eigenvalue weighted by molar-refractivity contribution is 7.99. The summed E-state index contributed by atoms with van der Waals surface area (Å²) in [5.41, 5.74) is 0. The molecule has 0 aromatic carbocycles. The molecule has 0 amide bonds. The maximum Gasteiger partial charge on any atom is 0.0186 e. The molecule has 21 heavy (non-hydrogen) atoms. The zero-order valence-electron chi connectivity index (χ0n) is 14.6. The van der Waals surface area contributed by atoms with Crippen LogP contribution in [0.25, 0.3) is 0 Å². The molecule has 0 aromatic heterocycles. The number of rotatable bonds is 7. The Kier molecular flexibility index (Phi) is 7.95. The second-order valence-corrected chi connectivity index (χ2v) is 9.02. The first-order valence-corrected chi connectivity index (χ1v) is 10.6. The highest BCUT2D eigenvalue weighted by atomic mass is 32.2. The maximum atomic E-state index is 3.89. The minimum Gasteiger partial charge on any atom is -0.313 e.